The predicted molar refractivity (Wildman–Crippen MR) is 69.1 cm³/mol. The molecule has 1 aliphatic heterocycles. The average Bonchev–Trinajstić information content (AvgIpc) is 2.96. The third-order valence-corrected chi connectivity index (χ3v) is 3.48. The van der Waals surface area contributed by atoms with Gasteiger partial charge in [-0.1, -0.05) is 18.5 Å². The number of nitrogens with one attached hydrogen (secondary N) is 1. The number of hydrogen-bond acceptors (Lipinski definition) is 4. The number of aromatic nitrogens is 2. The van der Waals surface area contributed by atoms with E-state index in [0.717, 1.165) is 6.42 Å². The van der Waals surface area contributed by atoms with Gasteiger partial charge in [-0.15, -0.1) is 0 Å². The second-order valence-corrected chi connectivity index (χ2v) is 4.89. The third-order valence-electron chi connectivity index (χ3n) is 3.20. The van der Waals surface area contributed by atoms with Crippen molar-refractivity contribution in [1.82, 2.24) is 15.1 Å². The van der Waals surface area contributed by atoms with Gasteiger partial charge >= 0.3 is 0 Å². The van der Waals surface area contributed by atoms with Gasteiger partial charge in [-0.2, -0.15) is 5.10 Å². The van der Waals surface area contributed by atoms with Crippen molar-refractivity contribution in [3.8, 4) is 0 Å². The molecule has 0 saturated carbocycles. The van der Waals surface area contributed by atoms with Crippen LogP contribution in [0.1, 0.15) is 30.3 Å². The van der Waals surface area contributed by atoms with Gasteiger partial charge < -0.3 is 10.1 Å². The molecule has 1 aromatic rings. The lowest BCUT2D eigenvalue weighted by Crippen LogP contribution is -2.32. The van der Waals surface area contributed by atoms with Crippen LogP contribution in [-0.4, -0.2) is 41.4 Å². The highest BCUT2D eigenvalue weighted by Crippen LogP contribution is 2.21. The largest absolute Gasteiger partial charge is 0.380 e. The number of nitrogens with zero attached hydrogens (tertiary/aromatic N) is 2. The molecule has 18 heavy (non-hydrogen) atoms. The van der Waals surface area contributed by atoms with E-state index in [2.05, 4.69) is 10.4 Å². The fourth-order valence-electron chi connectivity index (χ4n) is 2.24. The van der Waals surface area contributed by atoms with Crippen LogP contribution in [0.4, 0.5) is 0 Å². The fraction of sp³-hybridized carbons (Fsp3) is 0.667. The number of carbonyl (C=O) groups is 1. The summed E-state index contributed by atoms with van der Waals surface area (Å²) in [5.74, 6) is 0.00509. The van der Waals surface area contributed by atoms with Crippen LogP contribution >= 0.6 is 11.6 Å². The molecule has 100 valence electrons. The van der Waals surface area contributed by atoms with Gasteiger partial charge in [0.1, 0.15) is 5.69 Å². The van der Waals surface area contributed by atoms with Gasteiger partial charge in [0.2, 0.25) is 0 Å². The summed E-state index contributed by atoms with van der Waals surface area (Å²) in [7, 11) is 1.66. The van der Waals surface area contributed by atoms with Crippen molar-refractivity contribution in [1.29, 1.82) is 0 Å². The Bertz CT molecular complexity index is 433. The summed E-state index contributed by atoms with van der Waals surface area (Å²) in [6.45, 7) is 3.44. The fourth-order valence-corrected chi connectivity index (χ4v) is 2.47. The highest BCUT2D eigenvalue weighted by atomic mass is 35.5. The van der Waals surface area contributed by atoms with E-state index >= 15 is 0 Å². The Balaban J connectivity index is 2.16. The topological polar surface area (TPSA) is 56.2 Å². The number of halogens is 1. The van der Waals surface area contributed by atoms with E-state index < -0.39 is 0 Å². The zero-order chi connectivity index (χ0) is 13.1. The van der Waals surface area contributed by atoms with Crippen LogP contribution in [-0.2, 0) is 11.3 Å². The maximum Gasteiger partial charge on any atom is 0.199 e. The third kappa shape index (κ3) is 2.58. The van der Waals surface area contributed by atoms with E-state index in [-0.39, 0.29) is 17.9 Å². The maximum absolute atomic E-state index is 12.4. The Morgan fingerprint density at radius 1 is 1.72 bits per heavy atom. The molecule has 0 amide bonds. The monoisotopic (exact) mass is 271 g/mol. The summed E-state index contributed by atoms with van der Waals surface area (Å²) < 4.78 is 6.93. The lowest BCUT2D eigenvalue weighted by atomic mass is 10.1. The van der Waals surface area contributed by atoms with Crippen molar-refractivity contribution in [2.45, 2.75) is 38.5 Å². The number of methoxy groups -OCH3 is 1. The number of hydrogen-bond donors (Lipinski definition) is 1. The second kappa shape index (κ2) is 5.82. The molecule has 2 heterocycles. The standard InChI is InChI=1S/C12H18ClN3O2/c1-3-4-16-11(9(13)7-15-16)12(17)10-5-8(18-2)6-14-10/h7-8,10,14H,3-6H2,1-2H3. The van der Waals surface area contributed by atoms with Crippen LogP contribution in [0.2, 0.25) is 5.02 Å². The van der Waals surface area contributed by atoms with E-state index in [1.54, 1.807) is 11.8 Å². The summed E-state index contributed by atoms with van der Waals surface area (Å²) in [6.07, 6.45) is 3.23. The Kier molecular flexibility index (Phi) is 4.37. The van der Waals surface area contributed by atoms with Gasteiger partial charge in [0.25, 0.3) is 0 Å². The Labute approximate surface area is 111 Å². The molecule has 2 unspecified atom stereocenters. The van der Waals surface area contributed by atoms with Gasteiger partial charge in [-0.3, -0.25) is 9.48 Å². The number of carbonyl (C=O) groups excluding carboxylic acids is 1. The van der Waals surface area contributed by atoms with Crippen LogP contribution < -0.4 is 5.32 Å². The number of ketones is 1. The molecule has 1 N–H and O–H groups in total. The minimum atomic E-state index is -0.222. The van der Waals surface area contributed by atoms with E-state index in [4.69, 9.17) is 16.3 Å². The number of aryl methyl sites for hydroxylation is 1. The Hall–Kier alpha value is -0.910. The molecule has 2 rings (SSSR count). The molecule has 0 aromatic carbocycles. The van der Waals surface area contributed by atoms with Crippen molar-refractivity contribution in [2.24, 2.45) is 0 Å². The number of rotatable bonds is 5. The molecule has 1 aromatic heterocycles. The first-order valence-electron chi connectivity index (χ1n) is 6.19. The maximum atomic E-state index is 12.4. The van der Waals surface area contributed by atoms with Crippen LogP contribution in [0.15, 0.2) is 6.20 Å². The van der Waals surface area contributed by atoms with E-state index in [1.807, 2.05) is 6.92 Å². The summed E-state index contributed by atoms with van der Waals surface area (Å²) in [6, 6.07) is -0.222. The van der Waals surface area contributed by atoms with Crippen LogP contribution in [0.25, 0.3) is 0 Å². The zero-order valence-corrected chi connectivity index (χ0v) is 11.4. The van der Waals surface area contributed by atoms with Crippen molar-refractivity contribution in [3.05, 3.63) is 16.9 Å². The molecule has 1 fully saturated rings. The quantitative estimate of drug-likeness (QED) is 0.825. The first-order valence-corrected chi connectivity index (χ1v) is 6.56. The van der Waals surface area contributed by atoms with Crippen molar-refractivity contribution in [2.75, 3.05) is 13.7 Å². The molecular formula is C12H18ClN3O2. The van der Waals surface area contributed by atoms with E-state index in [0.29, 0.717) is 30.2 Å². The van der Waals surface area contributed by atoms with Gasteiger partial charge in [0, 0.05) is 20.2 Å². The lowest BCUT2D eigenvalue weighted by Gasteiger charge is -2.11. The van der Waals surface area contributed by atoms with E-state index in [1.165, 1.54) is 6.20 Å². The molecule has 5 nitrogen and oxygen atoms in total. The van der Waals surface area contributed by atoms with Crippen LogP contribution in [0.5, 0.6) is 0 Å². The smallest absolute Gasteiger partial charge is 0.199 e. The van der Waals surface area contributed by atoms with Crippen LogP contribution in [0.3, 0.4) is 0 Å². The van der Waals surface area contributed by atoms with Gasteiger partial charge in [-0.05, 0) is 12.8 Å². The summed E-state index contributed by atoms with van der Waals surface area (Å²) in [5.41, 5.74) is 0.507. The highest BCUT2D eigenvalue weighted by molar-refractivity contribution is 6.33. The first-order chi connectivity index (χ1) is 8.67. The molecule has 0 spiro atoms. The average molecular weight is 272 g/mol. The van der Waals surface area contributed by atoms with Gasteiger partial charge in [0.05, 0.1) is 23.4 Å². The van der Waals surface area contributed by atoms with Crippen LogP contribution in [0, 0.1) is 0 Å². The minimum absolute atomic E-state index is 0.00509. The molecule has 0 bridgehead atoms. The Morgan fingerprint density at radius 2 is 2.50 bits per heavy atom. The predicted octanol–water partition coefficient (Wildman–Crippen LogP) is 1.51. The normalized spacial score (nSPS) is 23.5. The first kappa shape index (κ1) is 13.5. The number of ether oxygens (including phenoxy) is 1. The summed E-state index contributed by atoms with van der Waals surface area (Å²) in [4.78, 5) is 12.4. The van der Waals surface area contributed by atoms with Crippen molar-refractivity contribution in [3.63, 3.8) is 0 Å². The summed E-state index contributed by atoms with van der Waals surface area (Å²) >= 11 is 6.06. The molecule has 0 radical (unpaired) electrons. The second-order valence-electron chi connectivity index (χ2n) is 4.48. The molecule has 0 aliphatic carbocycles. The minimum Gasteiger partial charge on any atom is -0.380 e. The summed E-state index contributed by atoms with van der Waals surface area (Å²) in [5, 5.41) is 7.74. The molecule has 2 atom stereocenters. The Morgan fingerprint density at radius 3 is 3.11 bits per heavy atom. The highest BCUT2D eigenvalue weighted by Gasteiger charge is 2.32. The van der Waals surface area contributed by atoms with Gasteiger partial charge in [0.15, 0.2) is 5.78 Å². The van der Waals surface area contributed by atoms with Crippen molar-refractivity contribution >= 4 is 17.4 Å². The molecule has 1 aliphatic rings. The van der Waals surface area contributed by atoms with Gasteiger partial charge in [-0.25, -0.2) is 0 Å². The number of Topliss-reactive ketones (excluding diaryl/α,β-unsaturated/α-hetero) is 1. The molecular weight excluding hydrogens is 254 g/mol. The molecule has 6 heteroatoms. The van der Waals surface area contributed by atoms with Crippen molar-refractivity contribution < 1.29 is 9.53 Å². The zero-order valence-electron chi connectivity index (χ0n) is 10.6. The molecule has 1 saturated heterocycles. The van der Waals surface area contributed by atoms with E-state index in [9.17, 15) is 4.79 Å². The lowest BCUT2D eigenvalue weighted by molar-refractivity contribution is 0.0909. The SMILES string of the molecule is CCCn1ncc(Cl)c1C(=O)C1CC(OC)CN1.